The SMILES string of the molecule is O=C(O)c1cc(Cl)cc2[nH]c(=O)sc12. The van der Waals surface area contributed by atoms with Gasteiger partial charge in [0.15, 0.2) is 0 Å². The van der Waals surface area contributed by atoms with Crippen LogP contribution < -0.4 is 4.87 Å². The minimum Gasteiger partial charge on any atom is -0.478 e. The van der Waals surface area contributed by atoms with Gasteiger partial charge in [-0.25, -0.2) is 4.79 Å². The molecule has 1 aromatic carbocycles. The van der Waals surface area contributed by atoms with Gasteiger partial charge in [-0.05, 0) is 12.1 Å². The molecule has 0 amide bonds. The fourth-order valence-corrected chi connectivity index (χ4v) is 2.22. The van der Waals surface area contributed by atoms with Crippen molar-refractivity contribution in [3.05, 3.63) is 32.4 Å². The molecule has 2 aromatic rings. The third-order valence-corrected chi connectivity index (χ3v) is 2.87. The predicted octanol–water partition coefficient (Wildman–Crippen LogP) is 1.94. The first kappa shape index (κ1) is 9.23. The summed E-state index contributed by atoms with van der Waals surface area (Å²) in [5, 5.41) is 9.14. The van der Waals surface area contributed by atoms with Crippen molar-refractivity contribution < 1.29 is 9.90 Å². The van der Waals surface area contributed by atoms with E-state index in [9.17, 15) is 9.59 Å². The minimum atomic E-state index is -1.09. The first-order valence-corrected chi connectivity index (χ1v) is 4.83. The van der Waals surface area contributed by atoms with E-state index < -0.39 is 5.97 Å². The molecule has 0 aliphatic rings. The van der Waals surface area contributed by atoms with Crippen molar-refractivity contribution >= 4 is 39.1 Å². The minimum absolute atomic E-state index is 0.0517. The molecule has 72 valence electrons. The van der Waals surface area contributed by atoms with Gasteiger partial charge in [0, 0.05) is 5.02 Å². The highest BCUT2D eigenvalue weighted by atomic mass is 35.5. The van der Waals surface area contributed by atoms with Crippen molar-refractivity contribution in [2.45, 2.75) is 0 Å². The lowest BCUT2D eigenvalue weighted by Crippen LogP contribution is -1.95. The molecule has 0 saturated heterocycles. The molecule has 4 nitrogen and oxygen atoms in total. The average molecular weight is 230 g/mol. The second kappa shape index (κ2) is 3.11. The number of thiazole rings is 1. The van der Waals surface area contributed by atoms with Gasteiger partial charge in [-0.2, -0.15) is 0 Å². The van der Waals surface area contributed by atoms with Crippen LogP contribution in [0.2, 0.25) is 5.02 Å². The van der Waals surface area contributed by atoms with E-state index in [1.54, 1.807) is 0 Å². The van der Waals surface area contributed by atoms with Crippen molar-refractivity contribution in [3.8, 4) is 0 Å². The quantitative estimate of drug-likeness (QED) is 0.785. The summed E-state index contributed by atoms with van der Waals surface area (Å²) in [7, 11) is 0. The average Bonchev–Trinajstić information content (AvgIpc) is 2.42. The van der Waals surface area contributed by atoms with Crippen molar-refractivity contribution in [1.29, 1.82) is 0 Å². The Bertz CT molecular complexity index is 571. The summed E-state index contributed by atoms with van der Waals surface area (Å²) in [5.74, 6) is -1.09. The van der Waals surface area contributed by atoms with E-state index in [0.717, 1.165) is 11.3 Å². The Morgan fingerprint density at radius 1 is 1.50 bits per heavy atom. The van der Waals surface area contributed by atoms with E-state index in [0.29, 0.717) is 15.2 Å². The van der Waals surface area contributed by atoms with Gasteiger partial charge in [-0.3, -0.25) is 4.79 Å². The van der Waals surface area contributed by atoms with E-state index in [4.69, 9.17) is 16.7 Å². The number of H-pyrrole nitrogens is 1. The van der Waals surface area contributed by atoms with Gasteiger partial charge in [0.1, 0.15) is 0 Å². The van der Waals surface area contributed by atoms with E-state index >= 15 is 0 Å². The number of carboxylic acids is 1. The first-order chi connectivity index (χ1) is 6.58. The molecular formula is C8H4ClNO3S. The van der Waals surface area contributed by atoms with Gasteiger partial charge < -0.3 is 10.1 Å². The molecule has 14 heavy (non-hydrogen) atoms. The zero-order chi connectivity index (χ0) is 10.3. The fraction of sp³-hybridized carbons (Fsp3) is 0. The number of benzene rings is 1. The van der Waals surface area contributed by atoms with Crippen molar-refractivity contribution in [2.24, 2.45) is 0 Å². The third-order valence-electron chi connectivity index (χ3n) is 1.72. The largest absolute Gasteiger partial charge is 0.478 e. The predicted molar refractivity (Wildman–Crippen MR) is 54.4 cm³/mol. The summed E-state index contributed by atoms with van der Waals surface area (Å²) in [4.78, 5) is 24.0. The van der Waals surface area contributed by atoms with Gasteiger partial charge >= 0.3 is 10.8 Å². The van der Waals surface area contributed by atoms with Crippen LogP contribution >= 0.6 is 22.9 Å². The number of rotatable bonds is 1. The molecule has 0 radical (unpaired) electrons. The fourth-order valence-electron chi connectivity index (χ4n) is 1.18. The van der Waals surface area contributed by atoms with Crippen LogP contribution in [-0.4, -0.2) is 16.1 Å². The van der Waals surface area contributed by atoms with E-state index in [1.165, 1.54) is 12.1 Å². The molecular weight excluding hydrogens is 226 g/mol. The molecule has 1 heterocycles. The molecule has 0 aliphatic heterocycles. The maximum absolute atomic E-state index is 11.0. The maximum atomic E-state index is 11.0. The number of hydrogen-bond acceptors (Lipinski definition) is 3. The zero-order valence-corrected chi connectivity index (χ0v) is 8.28. The van der Waals surface area contributed by atoms with Crippen molar-refractivity contribution in [1.82, 2.24) is 4.98 Å². The van der Waals surface area contributed by atoms with Crippen LogP contribution in [0.4, 0.5) is 0 Å². The number of nitrogens with one attached hydrogen (secondary N) is 1. The molecule has 2 N–H and O–H groups in total. The molecule has 2 rings (SSSR count). The standard InChI is InChI=1S/C8H4ClNO3S/c9-3-1-4(7(11)12)6-5(2-3)10-8(13)14-6/h1-2H,(H,10,13)(H,11,12). The number of fused-ring (bicyclic) bond motifs is 1. The van der Waals surface area contributed by atoms with Gasteiger partial charge in [-0.15, -0.1) is 0 Å². The normalized spacial score (nSPS) is 10.6. The van der Waals surface area contributed by atoms with Crippen LogP contribution in [0.1, 0.15) is 10.4 Å². The Morgan fingerprint density at radius 3 is 2.86 bits per heavy atom. The third kappa shape index (κ3) is 1.40. The second-order valence-corrected chi connectivity index (χ2v) is 4.07. The number of aromatic nitrogens is 1. The van der Waals surface area contributed by atoms with Gasteiger partial charge in [0.05, 0.1) is 15.8 Å². The second-order valence-electron chi connectivity index (χ2n) is 2.65. The highest BCUT2D eigenvalue weighted by Gasteiger charge is 2.12. The molecule has 1 aromatic heterocycles. The Kier molecular flexibility index (Phi) is 2.05. The summed E-state index contributed by atoms with van der Waals surface area (Å²) in [6.07, 6.45) is 0. The van der Waals surface area contributed by atoms with E-state index in [2.05, 4.69) is 4.98 Å². The van der Waals surface area contributed by atoms with Crippen molar-refractivity contribution in [3.63, 3.8) is 0 Å². The summed E-state index contributed by atoms with van der Waals surface area (Å²) in [6, 6.07) is 2.86. The van der Waals surface area contributed by atoms with Crippen LogP contribution in [0.5, 0.6) is 0 Å². The molecule has 0 spiro atoms. The zero-order valence-electron chi connectivity index (χ0n) is 6.70. The lowest BCUT2D eigenvalue weighted by molar-refractivity contribution is 0.0699. The molecule has 6 heteroatoms. The smallest absolute Gasteiger partial charge is 0.337 e. The Morgan fingerprint density at radius 2 is 2.21 bits per heavy atom. The topological polar surface area (TPSA) is 70.2 Å². The number of carbonyl (C=O) groups is 1. The van der Waals surface area contributed by atoms with Gasteiger partial charge in [0.2, 0.25) is 0 Å². The summed E-state index contributed by atoms with van der Waals surface area (Å²) < 4.78 is 0.423. The summed E-state index contributed by atoms with van der Waals surface area (Å²) in [5.41, 5.74) is 0.515. The molecule has 0 aliphatic carbocycles. The van der Waals surface area contributed by atoms with Crippen molar-refractivity contribution in [2.75, 3.05) is 0 Å². The Hall–Kier alpha value is -1.33. The summed E-state index contributed by atoms with van der Waals surface area (Å²) in [6.45, 7) is 0. The molecule has 0 atom stereocenters. The van der Waals surface area contributed by atoms with E-state index in [-0.39, 0.29) is 10.4 Å². The maximum Gasteiger partial charge on any atom is 0.337 e. The van der Waals surface area contributed by atoms with Crippen LogP contribution in [-0.2, 0) is 0 Å². The molecule has 0 unspecified atom stereocenters. The van der Waals surface area contributed by atoms with Crippen LogP contribution in [0.3, 0.4) is 0 Å². The number of aromatic carboxylic acids is 1. The highest BCUT2D eigenvalue weighted by molar-refractivity contribution is 7.16. The Labute approximate surface area is 86.8 Å². The summed E-state index contributed by atoms with van der Waals surface area (Å²) >= 11 is 6.56. The van der Waals surface area contributed by atoms with Gasteiger partial charge in [0.25, 0.3) is 0 Å². The number of carboxylic acid groups (broad SMARTS) is 1. The van der Waals surface area contributed by atoms with E-state index in [1.807, 2.05) is 0 Å². The highest BCUT2D eigenvalue weighted by Crippen LogP contribution is 2.24. The van der Waals surface area contributed by atoms with Crippen LogP contribution in [0, 0.1) is 0 Å². The number of hydrogen-bond donors (Lipinski definition) is 2. The number of halogens is 1. The number of aromatic amines is 1. The lowest BCUT2D eigenvalue weighted by Gasteiger charge is -1.96. The van der Waals surface area contributed by atoms with Crippen LogP contribution in [0.15, 0.2) is 16.9 Å². The van der Waals surface area contributed by atoms with Crippen LogP contribution in [0.25, 0.3) is 10.2 Å². The monoisotopic (exact) mass is 229 g/mol. The Balaban J connectivity index is 2.92. The van der Waals surface area contributed by atoms with Gasteiger partial charge in [-0.1, -0.05) is 22.9 Å². The molecule has 0 fully saturated rings. The first-order valence-electron chi connectivity index (χ1n) is 3.63. The lowest BCUT2D eigenvalue weighted by atomic mass is 10.2. The molecule has 0 saturated carbocycles. The molecule has 0 bridgehead atoms.